The fourth-order valence-electron chi connectivity index (χ4n) is 0.704. The molecular weight excluding hydrogens is 1790 g/mol. The van der Waals surface area contributed by atoms with Gasteiger partial charge in [-0.1, -0.05) is 67.5 Å². The van der Waals surface area contributed by atoms with Gasteiger partial charge < -0.3 is 34.8 Å². The van der Waals surface area contributed by atoms with E-state index < -0.39 is 58.5 Å². The van der Waals surface area contributed by atoms with Crippen LogP contribution in [0.2, 0.25) is 130 Å². The van der Waals surface area contributed by atoms with Gasteiger partial charge in [-0.3, -0.25) is 0 Å². The molecule has 0 aromatic heterocycles. The average Bonchev–Trinajstić information content (AvgIpc) is 2.89. The molecule has 0 aliphatic carbocycles. The van der Waals surface area contributed by atoms with Crippen molar-refractivity contribution >= 4 is 71.1 Å². The summed E-state index contributed by atoms with van der Waals surface area (Å²) < 4.78 is 31.5. The van der Waals surface area contributed by atoms with Crippen molar-refractivity contribution in [1.29, 1.82) is 0 Å². The van der Waals surface area contributed by atoms with Gasteiger partial charge >= 0.3 is 0 Å². The van der Waals surface area contributed by atoms with Crippen LogP contribution in [0.25, 0.3) is 0 Å². The van der Waals surface area contributed by atoms with Gasteiger partial charge in [0.1, 0.15) is 0 Å². The summed E-state index contributed by atoms with van der Waals surface area (Å²) in [6.07, 6.45) is 1.34. The maximum atomic E-state index is 6.02. The molecule has 21 radical (unpaired) electrons. The smallest absolute Gasteiger partial charge is 0.186 e. The molecule has 0 aromatic rings. The van der Waals surface area contributed by atoms with E-state index >= 15 is 0 Å². The zero-order chi connectivity index (χ0) is 39.6. The molecular formula is C34H97O5SSi7V21-. The van der Waals surface area contributed by atoms with Crippen LogP contribution >= 0.6 is 0 Å². The van der Waals surface area contributed by atoms with Crippen molar-refractivity contribution in [3.05, 3.63) is 24.6 Å². The first-order valence-corrected chi connectivity index (χ1v) is 39.8. The Balaban J connectivity index is -0.00000000792. The molecule has 403 valence electrons. The first-order valence-electron chi connectivity index (χ1n) is 16.7. The second kappa shape index (κ2) is 134. The van der Waals surface area contributed by atoms with E-state index in [9.17, 15) is 0 Å². The molecule has 34 heteroatoms. The third-order valence-corrected chi connectivity index (χ3v) is 14.8. The Morgan fingerprint density at radius 1 is 0.412 bits per heavy atom. The molecule has 0 spiro atoms. The van der Waals surface area contributed by atoms with Crippen molar-refractivity contribution in [3.63, 3.8) is 0 Å². The van der Waals surface area contributed by atoms with E-state index in [1.807, 2.05) is 7.11 Å². The van der Waals surface area contributed by atoms with Gasteiger partial charge in [0.25, 0.3) is 0 Å². The van der Waals surface area contributed by atoms with Gasteiger partial charge in [0.2, 0.25) is 0 Å². The molecule has 0 aromatic carbocycles. The van der Waals surface area contributed by atoms with E-state index in [0.717, 1.165) is 0 Å². The standard InChI is InChI=1S/C6H16OSi.2C5H12Si.3C4H12OSi.C3H10OSi.CH4S.2CH4.21V/c1-5-6-8(3,4)7-2;5*1-5-6(2,3)4;1-4-5(2)3;1-2;;;;;;;;;;;;;;;;;;;;;;;/h5-6H2,1-4H3;2*5H,1H2,2-4H3;3*1-4H3;5H,1-3H3;2H,1H3;2*1H4;;;;;;;;;;;;;;;;;;;;;/p-1/i;;;;;;;1D;;;;;;;;;;;;;;;;;;;;;;;. The molecule has 0 amide bonds. The fraction of sp³-hybridized carbons (Fsp3) is 0.882. The zero-order valence-electron chi connectivity index (χ0n) is 46.1. The van der Waals surface area contributed by atoms with E-state index in [1.54, 1.807) is 28.4 Å². The van der Waals surface area contributed by atoms with E-state index in [1.165, 1.54) is 12.5 Å². The Morgan fingerprint density at radius 2 is 0.515 bits per heavy atom. The summed E-state index contributed by atoms with van der Waals surface area (Å²) in [6.45, 7) is 51.4. The molecule has 0 atom stereocenters. The summed E-state index contributed by atoms with van der Waals surface area (Å²) in [6, 6.07) is 1.28. The van der Waals surface area contributed by atoms with Gasteiger partial charge in [0.15, 0.2) is 42.3 Å². The fourth-order valence-corrected chi connectivity index (χ4v) is 2.11. The van der Waals surface area contributed by atoms with E-state index in [0.29, 0.717) is 0 Å². The van der Waals surface area contributed by atoms with Crippen LogP contribution in [-0.4, -0.2) is 100 Å². The summed E-state index contributed by atoms with van der Waals surface area (Å²) in [5.41, 5.74) is 4.15. The Labute approximate surface area is 696 Å². The Kier molecular flexibility index (Phi) is 394. The third-order valence-electron chi connectivity index (χ3n) is 4.94. The normalized spacial score (nSPS) is 7.54. The van der Waals surface area contributed by atoms with E-state index in [-0.39, 0.29) is 411 Å². The van der Waals surface area contributed by atoms with Crippen LogP contribution in [0.1, 0.15) is 29.6 Å². The molecule has 68 heavy (non-hydrogen) atoms. The molecule has 0 aliphatic rings. The van der Waals surface area contributed by atoms with Crippen molar-refractivity contribution in [3.8, 4) is 0 Å². The van der Waals surface area contributed by atoms with Crippen LogP contribution in [0.4, 0.5) is 0 Å². The summed E-state index contributed by atoms with van der Waals surface area (Å²) in [7, 11) is 1.94. The van der Waals surface area contributed by atoms with Crippen molar-refractivity contribution in [2.24, 2.45) is 0 Å². The monoisotopic (exact) mass is 1880 g/mol. The minimum Gasteiger partial charge on any atom is -0.796 e. The zero-order valence-corrected chi connectivity index (χ0v) is 82.4. The van der Waals surface area contributed by atoms with Gasteiger partial charge in [0.05, 0.1) is 16.1 Å². The van der Waals surface area contributed by atoms with E-state index in [2.05, 4.69) is 169 Å². The Bertz CT molecular complexity index is 623. The van der Waals surface area contributed by atoms with Crippen molar-refractivity contribution in [1.82, 2.24) is 0 Å². The van der Waals surface area contributed by atoms with Crippen LogP contribution in [0.3, 0.4) is 0 Å². The van der Waals surface area contributed by atoms with Crippen molar-refractivity contribution in [2.75, 3.05) is 41.8 Å². The summed E-state index contributed by atoms with van der Waals surface area (Å²) in [4.78, 5) is 0. The summed E-state index contributed by atoms with van der Waals surface area (Å²) in [5, 5.41) is 0. The molecule has 0 bridgehead atoms. The topological polar surface area (TPSA) is 46.2 Å². The number of hydrogen-bond acceptors (Lipinski definition) is 6. The van der Waals surface area contributed by atoms with Crippen LogP contribution in [0.5, 0.6) is 0 Å². The first kappa shape index (κ1) is 199. The SMILES string of the molecule is C.C.C=C[Si](C)(C)C.C=C[Si](C)(C)C.CCC[Si](C)(C)OC.CO[SiH](C)C.CO[Si](C)(C)C.CO[Si](C)(C)C.CO[Si](C)(C)C.[2H]C[S-].[V].[V].[V].[V].[V].[V].[V].[V].[V].[V].[V].[V].[V].[V].[V].[V].[V].[V].[V].[V].[V]. The van der Waals surface area contributed by atoms with Crippen molar-refractivity contribution < 1.29 is 413 Å². The third kappa shape index (κ3) is 349. The van der Waals surface area contributed by atoms with Crippen LogP contribution in [0.15, 0.2) is 24.6 Å². The first-order chi connectivity index (χ1) is 20.1. The number of rotatable bonds is 9. The van der Waals surface area contributed by atoms with Gasteiger partial charge in [-0.15, -0.1) is 24.6 Å². The quantitative estimate of drug-likeness (QED) is 0.169. The summed E-state index contributed by atoms with van der Waals surface area (Å²) >= 11 is 4.06. The van der Waals surface area contributed by atoms with Gasteiger partial charge in [-0.05, 0) is 92.5 Å². The predicted octanol–water partition coefficient (Wildman–Crippen LogP) is 12.7. The molecule has 0 saturated carbocycles. The molecule has 0 N–H and O–H groups in total. The molecule has 5 nitrogen and oxygen atoms in total. The molecule has 0 fully saturated rings. The largest absolute Gasteiger partial charge is 0.796 e. The predicted molar refractivity (Wildman–Crippen MR) is 250 cm³/mol. The maximum absolute atomic E-state index is 6.02. The maximum Gasteiger partial charge on any atom is 0.186 e. The second-order valence-corrected chi connectivity index (χ2v) is 47.3. The van der Waals surface area contributed by atoms with Crippen LogP contribution in [-0.2, 0) is 424 Å². The van der Waals surface area contributed by atoms with Gasteiger partial charge in [-0.25, -0.2) is 0 Å². The second-order valence-electron chi connectivity index (χ2n) is 16.1. The van der Waals surface area contributed by atoms with Crippen molar-refractivity contribution in [2.45, 2.75) is 159 Å². The van der Waals surface area contributed by atoms with Gasteiger partial charge in [-0.2, -0.15) is 6.23 Å². The van der Waals surface area contributed by atoms with E-state index in [4.69, 9.17) is 23.5 Å². The average molecular weight is 1890 g/mol. The number of hydrogen-bond donors (Lipinski definition) is 0. The minimum absolute atomic E-state index is 0. The molecule has 0 saturated heterocycles. The molecule has 0 heterocycles. The molecule has 0 unspecified atom stereocenters. The molecule has 0 aliphatic heterocycles. The minimum atomic E-state index is -1.18. The Hall–Kier alpha value is 13.4. The van der Waals surface area contributed by atoms with Crippen LogP contribution < -0.4 is 0 Å². The van der Waals surface area contributed by atoms with Gasteiger partial charge in [0, 0.05) is 425 Å². The van der Waals surface area contributed by atoms with Crippen LogP contribution in [0, 0.1) is 0 Å². The summed E-state index contributed by atoms with van der Waals surface area (Å²) in [5.74, 6) is 0. The molecule has 0 rings (SSSR count). The Morgan fingerprint density at radius 3 is 0.529 bits per heavy atom.